The van der Waals surface area contributed by atoms with Gasteiger partial charge in [0.15, 0.2) is 5.82 Å². The Hall–Kier alpha value is -3.78. The molecule has 0 unspecified atom stereocenters. The molecule has 2 heterocycles. The number of nitrogens with zero attached hydrogens (tertiary/aromatic N) is 3. The first kappa shape index (κ1) is 22.0. The lowest BCUT2D eigenvalue weighted by Crippen LogP contribution is -2.41. The molecule has 7 nitrogen and oxygen atoms in total. The minimum Gasteiger partial charge on any atom is -0.497 e. The second-order valence-electron chi connectivity index (χ2n) is 7.93. The Bertz CT molecular complexity index is 1290. The summed E-state index contributed by atoms with van der Waals surface area (Å²) in [6.45, 7) is 2.08. The summed E-state index contributed by atoms with van der Waals surface area (Å²) >= 11 is 1.41. The van der Waals surface area contributed by atoms with E-state index in [0.717, 1.165) is 34.5 Å². The Morgan fingerprint density at radius 3 is 2.50 bits per heavy atom. The van der Waals surface area contributed by atoms with Crippen molar-refractivity contribution in [3.8, 4) is 17.1 Å². The number of aromatic nitrogens is 3. The number of nitrogens with one attached hydrogen (secondary N) is 2. The van der Waals surface area contributed by atoms with E-state index in [-0.39, 0.29) is 11.9 Å². The first-order valence-corrected chi connectivity index (χ1v) is 12.0. The van der Waals surface area contributed by atoms with Crippen LogP contribution in [0.5, 0.6) is 5.75 Å². The van der Waals surface area contributed by atoms with Gasteiger partial charge >= 0.3 is 0 Å². The highest BCUT2D eigenvalue weighted by Gasteiger charge is 2.38. The second-order valence-corrected chi connectivity index (χ2v) is 9.03. The van der Waals surface area contributed by atoms with Crippen molar-refractivity contribution in [3.05, 3.63) is 90.0 Å². The van der Waals surface area contributed by atoms with Crippen molar-refractivity contribution >= 4 is 23.4 Å². The normalized spacial score (nSPS) is 16.9. The Morgan fingerprint density at radius 2 is 1.76 bits per heavy atom. The number of amides is 1. The lowest BCUT2D eigenvalue weighted by Gasteiger charge is -2.33. The fourth-order valence-electron chi connectivity index (χ4n) is 4.05. The van der Waals surface area contributed by atoms with Gasteiger partial charge in [0.05, 0.1) is 13.2 Å². The molecule has 4 aromatic rings. The molecule has 0 radical (unpaired) electrons. The third kappa shape index (κ3) is 4.24. The van der Waals surface area contributed by atoms with Gasteiger partial charge in [-0.25, -0.2) is 4.68 Å². The van der Waals surface area contributed by atoms with E-state index in [2.05, 4.69) is 27.9 Å². The summed E-state index contributed by atoms with van der Waals surface area (Å²) in [5, 5.41) is 12.1. The van der Waals surface area contributed by atoms with Gasteiger partial charge < -0.3 is 15.5 Å². The third-order valence-corrected chi connectivity index (χ3v) is 7.07. The molecular weight excluding hydrogens is 446 g/mol. The zero-order valence-corrected chi connectivity index (χ0v) is 19.8. The molecular formula is C26H25N5O2S. The van der Waals surface area contributed by atoms with Crippen LogP contribution in [0.25, 0.3) is 11.4 Å². The van der Waals surface area contributed by atoms with E-state index in [0.29, 0.717) is 11.0 Å². The maximum atomic E-state index is 13.6. The zero-order chi connectivity index (χ0) is 23.5. The van der Waals surface area contributed by atoms with Crippen LogP contribution >= 0.6 is 11.8 Å². The molecule has 0 spiro atoms. The summed E-state index contributed by atoms with van der Waals surface area (Å²) in [6, 6.07) is 25.2. The molecule has 2 atom stereocenters. The van der Waals surface area contributed by atoms with Crippen LogP contribution in [0.2, 0.25) is 0 Å². The van der Waals surface area contributed by atoms with Crippen LogP contribution in [-0.2, 0) is 11.2 Å². The topological polar surface area (TPSA) is 81.1 Å². The van der Waals surface area contributed by atoms with Crippen molar-refractivity contribution < 1.29 is 9.53 Å². The Kier molecular flexibility index (Phi) is 6.22. The van der Waals surface area contributed by atoms with Crippen molar-refractivity contribution in [3.63, 3.8) is 0 Å². The number of hydrogen-bond donors (Lipinski definition) is 2. The molecule has 172 valence electrons. The van der Waals surface area contributed by atoms with Gasteiger partial charge in [0.25, 0.3) is 0 Å². The first-order valence-electron chi connectivity index (χ1n) is 11.1. The van der Waals surface area contributed by atoms with Crippen molar-refractivity contribution in [1.29, 1.82) is 0 Å². The average Bonchev–Trinajstić information content (AvgIpc) is 3.32. The fraction of sp³-hybridized carbons (Fsp3) is 0.192. The van der Waals surface area contributed by atoms with E-state index < -0.39 is 5.25 Å². The first-order chi connectivity index (χ1) is 16.7. The highest BCUT2D eigenvalue weighted by atomic mass is 32.2. The van der Waals surface area contributed by atoms with Gasteiger partial charge in [-0.15, -0.1) is 10.2 Å². The molecule has 34 heavy (non-hydrogen) atoms. The van der Waals surface area contributed by atoms with Crippen LogP contribution in [0.15, 0.2) is 84.0 Å². The van der Waals surface area contributed by atoms with Crippen molar-refractivity contribution in [1.82, 2.24) is 14.9 Å². The summed E-state index contributed by atoms with van der Waals surface area (Å²) in [5.41, 5.74) is 7.36. The molecule has 5 rings (SSSR count). The Balaban J connectivity index is 1.51. The van der Waals surface area contributed by atoms with Gasteiger partial charge in [-0.1, -0.05) is 79.3 Å². The molecule has 1 aliphatic rings. The molecule has 0 bridgehead atoms. The molecule has 1 amide bonds. The molecule has 0 saturated carbocycles. The smallest absolute Gasteiger partial charge is 0.240 e. The van der Waals surface area contributed by atoms with Crippen molar-refractivity contribution in [2.75, 3.05) is 17.9 Å². The third-order valence-electron chi connectivity index (χ3n) is 5.86. The number of anilines is 1. The molecule has 2 N–H and O–H groups in total. The van der Waals surface area contributed by atoms with Gasteiger partial charge in [0, 0.05) is 11.3 Å². The minimum absolute atomic E-state index is 0.0882. The van der Waals surface area contributed by atoms with Gasteiger partial charge in [-0.2, -0.15) is 0 Å². The van der Waals surface area contributed by atoms with Crippen LogP contribution in [0.1, 0.15) is 24.1 Å². The number of aryl methyl sites for hydroxylation is 1. The average molecular weight is 472 g/mol. The van der Waals surface area contributed by atoms with Crippen LogP contribution in [-0.4, -0.2) is 33.1 Å². The second kappa shape index (κ2) is 9.61. The summed E-state index contributed by atoms with van der Waals surface area (Å²) in [7, 11) is 1.64. The van der Waals surface area contributed by atoms with E-state index in [1.165, 1.54) is 11.8 Å². The number of hydrogen-bond acceptors (Lipinski definition) is 6. The van der Waals surface area contributed by atoms with E-state index >= 15 is 0 Å². The SMILES string of the molecule is CCc1ccccc1NC(=O)[C@H]1Sc2nnc(-c3ccccc3)n2N[C@@H]1c1ccc(OC)cc1. The minimum atomic E-state index is -0.460. The predicted octanol–water partition coefficient (Wildman–Crippen LogP) is 4.91. The van der Waals surface area contributed by atoms with Gasteiger partial charge in [0.2, 0.25) is 11.1 Å². The largest absolute Gasteiger partial charge is 0.497 e. The molecule has 1 aromatic heterocycles. The maximum absolute atomic E-state index is 13.6. The summed E-state index contributed by atoms with van der Waals surface area (Å²) < 4.78 is 7.20. The van der Waals surface area contributed by atoms with Crippen molar-refractivity contribution in [2.45, 2.75) is 29.8 Å². The predicted molar refractivity (Wildman–Crippen MR) is 135 cm³/mol. The van der Waals surface area contributed by atoms with Crippen LogP contribution in [0.3, 0.4) is 0 Å². The number of thioether (sulfide) groups is 1. The monoisotopic (exact) mass is 471 g/mol. The molecule has 0 fully saturated rings. The van der Waals surface area contributed by atoms with E-state index in [4.69, 9.17) is 4.74 Å². The quantitative estimate of drug-likeness (QED) is 0.416. The van der Waals surface area contributed by atoms with E-state index in [1.54, 1.807) is 7.11 Å². The van der Waals surface area contributed by atoms with Crippen LogP contribution in [0, 0.1) is 0 Å². The van der Waals surface area contributed by atoms with Crippen molar-refractivity contribution in [2.24, 2.45) is 0 Å². The standard InChI is InChI=1S/C26H25N5O2S/c1-3-17-9-7-8-12-21(17)27-25(32)23-22(18-13-15-20(33-2)16-14-18)30-31-24(28-29-26(31)34-23)19-10-5-4-6-11-19/h4-16,22-23,30H,3H2,1-2H3,(H,27,32)/t22-,23+/m1/s1. The highest BCUT2D eigenvalue weighted by Crippen LogP contribution is 2.39. The fourth-order valence-corrected chi connectivity index (χ4v) is 5.12. The molecule has 3 aromatic carbocycles. The van der Waals surface area contributed by atoms with Gasteiger partial charge in [-0.05, 0) is 35.7 Å². The number of para-hydroxylation sites is 1. The lowest BCUT2D eigenvalue weighted by molar-refractivity contribution is -0.116. The number of fused-ring (bicyclic) bond motifs is 1. The maximum Gasteiger partial charge on any atom is 0.240 e. The van der Waals surface area contributed by atoms with Crippen LogP contribution < -0.4 is 15.5 Å². The number of methoxy groups -OCH3 is 1. The summed E-state index contributed by atoms with van der Waals surface area (Å²) in [4.78, 5) is 13.6. The zero-order valence-electron chi connectivity index (χ0n) is 18.9. The number of ether oxygens (including phenoxy) is 1. The Labute approximate surface area is 202 Å². The summed E-state index contributed by atoms with van der Waals surface area (Å²) in [6.07, 6.45) is 0.836. The number of carbonyl (C=O) groups is 1. The molecule has 0 aliphatic carbocycles. The summed E-state index contributed by atoms with van der Waals surface area (Å²) in [5.74, 6) is 1.38. The number of benzene rings is 3. The lowest BCUT2D eigenvalue weighted by atomic mass is 10.0. The van der Waals surface area contributed by atoms with Gasteiger partial charge in [-0.3, -0.25) is 4.79 Å². The number of carbonyl (C=O) groups excluding carboxylic acids is 1. The van der Waals surface area contributed by atoms with Crippen LogP contribution in [0.4, 0.5) is 5.69 Å². The highest BCUT2D eigenvalue weighted by molar-refractivity contribution is 8.00. The molecule has 0 saturated heterocycles. The van der Waals surface area contributed by atoms with Gasteiger partial charge in [0.1, 0.15) is 11.0 Å². The Morgan fingerprint density at radius 1 is 1.03 bits per heavy atom. The van der Waals surface area contributed by atoms with E-state index in [9.17, 15) is 4.79 Å². The molecule has 1 aliphatic heterocycles. The number of rotatable bonds is 6. The molecule has 8 heteroatoms. The van der Waals surface area contributed by atoms with E-state index in [1.807, 2.05) is 83.5 Å².